The number of hydrogen-bond donors (Lipinski definition) is 2. The van der Waals surface area contributed by atoms with Gasteiger partial charge in [0.15, 0.2) is 0 Å². The lowest BCUT2D eigenvalue weighted by molar-refractivity contribution is -0.144. The molecule has 3 fully saturated rings. The van der Waals surface area contributed by atoms with Crippen molar-refractivity contribution in [2.24, 2.45) is 0 Å². The largest absolute Gasteiger partial charge is 0.294 e. The van der Waals surface area contributed by atoms with Gasteiger partial charge < -0.3 is 0 Å². The first kappa shape index (κ1) is 13.2. The molecule has 2 unspecified atom stereocenters. The molecule has 108 valence electrons. The Morgan fingerprint density at radius 2 is 0.950 bits per heavy atom. The molecule has 2 atom stereocenters. The van der Waals surface area contributed by atoms with Crippen LogP contribution in [0.5, 0.6) is 0 Å². The van der Waals surface area contributed by atoms with Crippen molar-refractivity contribution in [2.45, 2.75) is 24.9 Å². The smallest absolute Gasteiger partial charge is 0.240 e. The van der Waals surface area contributed by atoms with E-state index in [2.05, 4.69) is 10.6 Å². The van der Waals surface area contributed by atoms with Gasteiger partial charge in [-0.2, -0.15) is 0 Å². The predicted molar refractivity (Wildman–Crippen MR) is 66.3 cm³/mol. The first-order valence-corrected chi connectivity index (χ1v) is 6.66. The summed E-state index contributed by atoms with van der Waals surface area (Å²) in [6.45, 7) is 0.781. The molecule has 0 aromatic heterocycles. The lowest BCUT2D eigenvalue weighted by Gasteiger charge is -2.50. The molecule has 1 saturated carbocycles. The van der Waals surface area contributed by atoms with E-state index in [-0.39, 0.29) is 61.9 Å². The molecule has 0 aromatic carbocycles. The number of carbonyl (C=O) groups excluding carboxylic acids is 4. The Morgan fingerprint density at radius 1 is 0.650 bits per heavy atom. The van der Waals surface area contributed by atoms with Gasteiger partial charge in [-0.3, -0.25) is 39.6 Å². The number of nitrogens with one attached hydrogen (secondary N) is 2. The molecule has 0 aromatic rings. The first-order valence-electron chi connectivity index (χ1n) is 6.66. The fourth-order valence-electron chi connectivity index (χ4n) is 3.10. The van der Waals surface area contributed by atoms with Crippen molar-refractivity contribution in [3.63, 3.8) is 0 Å². The second-order valence-corrected chi connectivity index (χ2v) is 5.46. The van der Waals surface area contributed by atoms with Crippen molar-refractivity contribution < 1.29 is 19.2 Å². The summed E-state index contributed by atoms with van der Waals surface area (Å²) in [5.74, 6) is -1.17. The highest BCUT2D eigenvalue weighted by Crippen LogP contribution is 2.31. The molecule has 3 rings (SSSR count). The van der Waals surface area contributed by atoms with Crippen LogP contribution in [0.15, 0.2) is 0 Å². The molecule has 0 spiro atoms. The number of hydrogen-bond acceptors (Lipinski definition) is 6. The topological polar surface area (TPSA) is 98.8 Å². The van der Waals surface area contributed by atoms with Gasteiger partial charge in [-0.1, -0.05) is 0 Å². The Bertz CT molecular complexity index is 416. The van der Waals surface area contributed by atoms with Gasteiger partial charge in [-0.05, 0) is 12.8 Å². The summed E-state index contributed by atoms with van der Waals surface area (Å²) in [4.78, 5) is 49.3. The Hall–Kier alpha value is -1.80. The molecule has 0 bridgehead atoms. The Morgan fingerprint density at radius 3 is 1.20 bits per heavy atom. The van der Waals surface area contributed by atoms with Gasteiger partial charge in [0.1, 0.15) is 0 Å². The van der Waals surface area contributed by atoms with E-state index in [1.54, 1.807) is 0 Å². The zero-order valence-electron chi connectivity index (χ0n) is 10.9. The predicted octanol–water partition coefficient (Wildman–Crippen LogP) is -2.57. The molecule has 3 aliphatic rings. The number of nitrogens with zero attached hydrogens (tertiary/aromatic N) is 2. The van der Waals surface area contributed by atoms with E-state index in [0.29, 0.717) is 0 Å². The van der Waals surface area contributed by atoms with Gasteiger partial charge in [0.2, 0.25) is 23.6 Å². The normalized spacial score (nSPS) is 32.6. The zero-order valence-corrected chi connectivity index (χ0v) is 10.9. The molecular formula is C12H16N4O4. The summed E-state index contributed by atoms with van der Waals surface area (Å²) in [7, 11) is 0. The highest BCUT2D eigenvalue weighted by Gasteiger charge is 2.43. The number of rotatable bonds is 2. The third-order valence-corrected chi connectivity index (χ3v) is 4.08. The highest BCUT2D eigenvalue weighted by atomic mass is 16.2. The minimum absolute atomic E-state index is 0.0590. The number of imide groups is 2. The first-order chi connectivity index (χ1) is 9.52. The molecule has 2 heterocycles. The monoisotopic (exact) mass is 280 g/mol. The number of piperazine rings is 2. The van der Waals surface area contributed by atoms with Crippen molar-refractivity contribution >= 4 is 23.6 Å². The third-order valence-electron chi connectivity index (χ3n) is 4.08. The van der Waals surface area contributed by atoms with Gasteiger partial charge >= 0.3 is 0 Å². The van der Waals surface area contributed by atoms with Crippen molar-refractivity contribution in [1.82, 2.24) is 20.4 Å². The lowest BCUT2D eigenvalue weighted by Crippen LogP contribution is -2.66. The third kappa shape index (κ3) is 2.44. The molecule has 1 aliphatic carbocycles. The van der Waals surface area contributed by atoms with Gasteiger partial charge in [0, 0.05) is 12.1 Å². The van der Waals surface area contributed by atoms with Gasteiger partial charge in [0.05, 0.1) is 26.2 Å². The van der Waals surface area contributed by atoms with Crippen molar-refractivity contribution in [1.29, 1.82) is 0 Å². The number of carbonyl (C=O) groups is 4. The highest BCUT2D eigenvalue weighted by molar-refractivity contribution is 6.00. The molecule has 8 nitrogen and oxygen atoms in total. The maximum atomic E-state index is 11.4. The van der Waals surface area contributed by atoms with Crippen LogP contribution in [-0.4, -0.2) is 71.7 Å². The minimum atomic E-state index is -0.292. The lowest BCUT2D eigenvalue weighted by atomic mass is 9.83. The van der Waals surface area contributed by atoms with Gasteiger partial charge in [-0.25, -0.2) is 0 Å². The molecule has 4 amide bonds. The van der Waals surface area contributed by atoms with Crippen LogP contribution in [0.25, 0.3) is 0 Å². The van der Waals surface area contributed by atoms with Crippen LogP contribution < -0.4 is 10.6 Å². The van der Waals surface area contributed by atoms with E-state index in [9.17, 15) is 19.2 Å². The minimum Gasteiger partial charge on any atom is -0.294 e. The summed E-state index contributed by atoms with van der Waals surface area (Å²) >= 11 is 0. The molecule has 2 aliphatic heterocycles. The molecule has 8 heteroatoms. The van der Waals surface area contributed by atoms with E-state index in [0.717, 1.165) is 12.8 Å². The average Bonchev–Trinajstić information content (AvgIpc) is 2.23. The fourth-order valence-corrected chi connectivity index (χ4v) is 3.10. The van der Waals surface area contributed by atoms with Crippen LogP contribution in [0.1, 0.15) is 12.8 Å². The van der Waals surface area contributed by atoms with Crippen LogP contribution in [0.3, 0.4) is 0 Å². The van der Waals surface area contributed by atoms with Crippen LogP contribution >= 0.6 is 0 Å². The molecule has 2 saturated heterocycles. The van der Waals surface area contributed by atoms with Crippen LogP contribution in [0.4, 0.5) is 0 Å². The van der Waals surface area contributed by atoms with Gasteiger partial charge in [-0.15, -0.1) is 0 Å². The fraction of sp³-hybridized carbons (Fsp3) is 0.667. The summed E-state index contributed by atoms with van der Waals surface area (Å²) in [6, 6.07) is 0.118. The standard InChI is InChI=1S/C12H16N4O4/c17-9-3-15(4-10(18)13-9)7-1-2-8(7)16-5-11(19)14-12(20)6-16/h7-8H,1-6H2,(H,13,17,18)(H,14,19,20). The molecule has 20 heavy (non-hydrogen) atoms. The van der Waals surface area contributed by atoms with Crippen molar-refractivity contribution in [3.8, 4) is 0 Å². The van der Waals surface area contributed by atoms with Crippen molar-refractivity contribution in [3.05, 3.63) is 0 Å². The van der Waals surface area contributed by atoms with E-state index >= 15 is 0 Å². The summed E-state index contributed by atoms with van der Waals surface area (Å²) < 4.78 is 0. The zero-order chi connectivity index (χ0) is 14.3. The van der Waals surface area contributed by atoms with E-state index < -0.39 is 0 Å². The molecule has 2 N–H and O–H groups in total. The van der Waals surface area contributed by atoms with Crippen molar-refractivity contribution in [2.75, 3.05) is 26.2 Å². The SMILES string of the molecule is O=C1CN(C2CCC2N2CC(=O)NC(=O)C2)CC(=O)N1. The van der Waals surface area contributed by atoms with Crippen LogP contribution in [-0.2, 0) is 19.2 Å². The van der Waals surface area contributed by atoms with Crippen LogP contribution in [0, 0.1) is 0 Å². The summed E-state index contributed by atoms with van der Waals surface area (Å²) in [5, 5.41) is 4.54. The second kappa shape index (κ2) is 4.95. The summed E-state index contributed by atoms with van der Waals surface area (Å²) in [5.41, 5.74) is 0. The van der Waals surface area contributed by atoms with Crippen LogP contribution in [0.2, 0.25) is 0 Å². The van der Waals surface area contributed by atoms with E-state index in [1.807, 2.05) is 9.80 Å². The Balaban J connectivity index is 1.66. The number of amides is 4. The Labute approximate surface area is 115 Å². The van der Waals surface area contributed by atoms with Gasteiger partial charge in [0.25, 0.3) is 0 Å². The van der Waals surface area contributed by atoms with E-state index in [1.165, 1.54) is 0 Å². The second-order valence-electron chi connectivity index (χ2n) is 5.46. The van der Waals surface area contributed by atoms with E-state index in [4.69, 9.17) is 0 Å². The quantitative estimate of drug-likeness (QED) is 0.540. The maximum Gasteiger partial charge on any atom is 0.240 e. The molecular weight excluding hydrogens is 264 g/mol. The Kier molecular flexibility index (Phi) is 3.27. The average molecular weight is 280 g/mol. The molecule has 0 radical (unpaired) electrons. The summed E-state index contributed by atoms with van der Waals surface area (Å²) in [6.07, 6.45) is 1.75. The maximum absolute atomic E-state index is 11.4.